The molecular formula is C16H8F3NO2. The van der Waals surface area contributed by atoms with E-state index in [0.717, 1.165) is 18.2 Å². The third-order valence-corrected chi connectivity index (χ3v) is 3.26. The number of aromatic hydroxyl groups is 1. The van der Waals surface area contributed by atoms with E-state index < -0.39 is 23.0 Å². The van der Waals surface area contributed by atoms with Crippen LogP contribution in [-0.4, -0.2) is 10.1 Å². The Morgan fingerprint density at radius 2 is 1.95 bits per heavy atom. The zero-order valence-electron chi connectivity index (χ0n) is 11.0. The number of benzene rings is 1. The first-order chi connectivity index (χ1) is 10.4. The van der Waals surface area contributed by atoms with Crippen LogP contribution in [0, 0.1) is 0 Å². The van der Waals surface area contributed by atoms with Gasteiger partial charge in [-0.25, -0.2) is 0 Å². The van der Waals surface area contributed by atoms with Gasteiger partial charge < -0.3 is 10.1 Å². The molecule has 2 aromatic rings. The highest BCUT2D eigenvalue weighted by atomic mass is 19.4. The standard InChI is InChI=1S/C16H8F3NO2/c17-16(18,19)10-6-7-12-11(8-10)14(21)13(15(22)20-12)9-4-2-1-3-5-9/h2,4-8H,(H2,20,21,22). The van der Waals surface area contributed by atoms with Crippen molar-refractivity contribution in [2.75, 3.05) is 0 Å². The van der Waals surface area contributed by atoms with Crippen LogP contribution < -0.4 is 5.56 Å². The summed E-state index contributed by atoms with van der Waals surface area (Å²) in [4.78, 5) is 14.5. The first-order valence-electron chi connectivity index (χ1n) is 6.22. The number of hydrogen-bond acceptors (Lipinski definition) is 2. The Labute approximate surface area is 122 Å². The summed E-state index contributed by atoms with van der Waals surface area (Å²) < 4.78 is 38.4. The Kier molecular flexibility index (Phi) is 3.06. The van der Waals surface area contributed by atoms with Crippen molar-refractivity contribution in [3.05, 3.63) is 69.4 Å². The van der Waals surface area contributed by atoms with Gasteiger partial charge in [-0.2, -0.15) is 13.2 Å². The van der Waals surface area contributed by atoms with Crippen LogP contribution in [0.25, 0.3) is 16.5 Å². The molecule has 22 heavy (non-hydrogen) atoms. The molecule has 1 aromatic heterocycles. The highest BCUT2D eigenvalue weighted by molar-refractivity contribution is 5.92. The Bertz CT molecular complexity index is 967. The molecule has 3 rings (SSSR count). The quantitative estimate of drug-likeness (QED) is 0.792. The normalized spacial score (nSPS) is 13.7. The van der Waals surface area contributed by atoms with E-state index in [9.17, 15) is 23.1 Å². The van der Waals surface area contributed by atoms with Crippen LogP contribution in [-0.2, 0) is 6.18 Å². The van der Waals surface area contributed by atoms with Crippen LogP contribution in [0.15, 0.2) is 52.7 Å². The van der Waals surface area contributed by atoms with Crippen molar-refractivity contribution in [3.8, 4) is 5.75 Å². The molecule has 0 atom stereocenters. The van der Waals surface area contributed by atoms with Crippen molar-refractivity contribution in [2.45, 2.75) is 6.18 Å². The molecular weight excluding hydrogens is 295 g/mol. The van der Waals surface area contributed by atoms with Crippen LogP contribution in [0.5, 0.6) is 5.75 Å². The van der Waals surface area contributed by atoms with Crippen LogP contribution in [0.1, 0.15) is 11.1 Å². The van der Waals surface area contributed by atoms with Gasteiger partial charge >= 0.3 is 6.18 Å². The van der Waals surface area contributed by atoms with Gasteiger partial charge in [0.1, 0.15) is 5.75 Å². The van der Waals surface area contributed by atoms with Gasteiger partial charge in [0.25, 0.3) is 5.56 Å². The lowest BCUT2D eigenvalue weighted by molar-refractivity contribution is -0.137. The van der Waals surface area contributed by atoms with E-state index in [1.807, 2.05) is 0 Å². The number of H-pyrrole nitrogens is 1. The van der Waals surface area contributed by atoms with Crippen molar-refractivity contribution in [1.29, 1.82) is 0 Å². The second kappa shape index (κ2) is 4.81. The lowest BCUT2D eigenvalue weighted by Crippen LogP contribution is -2.13. The maximum absolute atomic E-state index is 12.8. The number of nitrogens with one attached hydrogen (secondary N) is 1. The molecule has 1 aromatic carbocycles. The minimum atomic E-state index is -4.54. The molecule has 0 unspecified atom stereocenters. The Morgan fingerprint density at radius 3 is 2.59 bits per heavy atom. The van der Waals surface area contributed by atoms with E-state index in [0.29, 0.717) is 5.57 Å². The number of hydrogen-bond donors (Lipinski definition) is 2. The maximum atomic E-state index is 12.8. The summed E-state index contributed by atoms with van der Waals surface area (Å²) >= 11 is 0. The third kappa shape index (κ3) is 2.27. The average molecular weight is 303 g/mol. The molecule has 3 nitrogen and oxygen atoms in total. The van der Waals surface area contributed by atoms with Gasteiger partial charge in [-0.1, -0.05) is 11.5 Å². The molecule has 0 amide bonds. The molecule has 2 N–H and O–H groups in total. The van der Waals surface area contributed by atoms with Gasteiger partial charge in [0.05, 0.1) is 16.6 Å². The molecule has 0 saturated carbocycles. The van der Waals surface area contributed by atoms with Crippen LogP contribution >= 0.6 is 0 Å². The zero-order chi connectivity index (χ0) is 15.9. The summed E-state index contributed by atoms with van der Waals surface area (Å²) in [5, 5.41) is 10.2. The van der Waals surface area contributed by atoms with Gasteiger partial charge in [0, 0.05) is 5.39 Å². The first kappa shape index (κ1) is 14.0. The van der Waals surface area contributed by atoms with E-state index in [4.69, 9.17) is 0 Å². The molecule has 0 fully saturated rings. The van der Waals surface area contributed by atoms with E-state index in [1.54, 1.807) is 0 Å². The zero-order valence-corrected chi connectivity index (χ0v) is 11.0. The molecule has 0 aliphatic heterocycles. The van der Waals surface area contributed by atoms with Gasteiger partial charge in [0.2, 0.25) is 0 Å². The number of aromatic amines is 1. The molecule has 0 spiro atoms. The Morgan fingerprint density at radius 1 is 1.18 bits per heavy atom. The fourth-order valence-electron chi connectivity index (χ4n) is 2.22. The lowest BCUT2D eigenvalue weighted by Gasteiger charge is -2.11. The van der Waals surface area contributed by atoms with Crippen molar-refractivity contribution >= 4 is 16.5 Å². The fraction of sp³-hybridized carbons (Fsp3) is 0.0625. The second-order valence-corrected chi connectivity index (χ2v) is 4.66. The smallest absolute Gasteiger partial charge is 0.416 e. The largest absolute Gasteiger partial charge is 0.506 e. The van der Waals surface area contributed by atoms with Gasteiger partial charge in [0.15, 0.2) is 0 Å². The summed E-state index contributed by atoms with van der Waals surface area (Å²) in [6.07, 6.45) is -0.110. The molecule has 1 heterocycles. The minimum absolute atomic E-state index is 0.0720. The molecule has 110 valence electrons. The molecule has 6 heteroatoms. The first-order valence-corrected chi connectivity index (χ1v) is 6.22. The summed E-state index contributed by atoms with van der Waals surface area (Å²) in [5.41, 5.74) is 4.15. The minimum Gasteiger partial charge on any atom is -0.506 e. The number of rotatable bonds is 1. The summed E-state index contributed by atoms with van der Waals surface area (Å²) in [5.74, 6) is -0.496. The summed E-state index contributed by atoms with van der Waals surface area (Å²) in [7, 11) is 0. The highest BCUT2D eigenvalue weighted by Crippen LogP contribution is 2.35. The molecule has 1 aliphatic carbocycles. The fourth-order valence-corrected chi connectivity index (χ4v) is 2.22. The lowest BCUT2D eigenvalue weighted by atomic mass is 10.0. The highest BCUT2D eigenvalue weighted by Gasteiger charge is 2.31. The number of fused-ring (bicyclic) bond motifs is 1. The van der Waals surface area contributed by atoms with Crippen LogP contribution in [0.3, 0.4) is 0 Å². The van der Waals surface area contributed by atoms with Gasteiger partial charge in [-0.3, -0.25) is 4.79 Å². The molecule has 0 saturated heterocycles. The monoisotopic (exact) mass is 303 g/mol. The van der Waals surface area contributed by atoms with E-state index >= 15 is 0 Å². The summed E-state index contributed by atoms with van der Waals surface area (Å²) in [6, 6.07) is 2.78. The molecule has 0 bridgehead atoms. The SMILES string of the molecule is O=c1[nH]c2ccc(C(F)(F)F)cc2c(O)c1C1=CC=C=C=C1. The number of halogens is 3. The van der Waals surface area contributed by atoms with E-state index in [2.05, 4.69) is 16.4 Å². The predicted molar refractivity (Wildman–Crippen MR) is 75.4 cm³/mol. The Balaban J connectivity index is 2.31. The van der Waals surface area contributed by atoms with Gasteiger partial charge in [-0.15, -0.1) is 0 Å². The Hall–Kier alpha value is -2.94. The molecule has 1 aliphatic rings. The van der Waals surface area contributed by atoms with Crippen molar-refractivity contribution < 1.29 is 18.3 Å². The van der Waals surface area contributed by atoms with Crippen LogP contribution in [0.4, 0.5) is 13.2 Å². The number of pyridine rings is 1. The average Bonchev–Trinajstić information content (AvgIpc) is 2.47. The van der Waals surface area contributed by atoms with Crippen LogP contribution in [0.2, 0.25) is 0 Å². The van der Waals surface area contributed by atoms with Crippen molar-refractivity contribution in [3.63, 3.8) is 0 Å². The van der Waals surface area contributed by atoms with Crippen molar-refractivity contribution in [2.24, 2.45) is 0 Å². The second-order valence-electron chi connectivity index (χ2n) is 4.66. The topological polar surface area (TPSA) is 53.1 Å². The molecule has 0 radical (unpaired) electrons. The number of allylic oxidation sites excluding steroid dienone is 4. The van der Waals surface area contributed by atoms with Crippen molar-refractivity contribution in [1.82, 2.24) is 4.98 Å². The van der Waals surface area contributed by atoms with Gasteiger partial charge in [-0.05, 0) is 42.0 Å². The predicted octanol–water partition coefficient (Wildman–Crippen LogP) is 3.52. The number of alkyl halides is 3. The van der Waals surface area contributed by atoms with E-state index in [1.165, 1.54) is 18.2 Å². The van der Waals surface area contributed by atoms with E-state index in [-0.39, 0.29) is 16.5 Å². The maximum Gasteiger partial charge on any atom is 0.416 e. The summed E-state index contributed by atoms with van der Waals surface area (Å²) in [6.45, 7) is 0. The third-order valence-electron chi connectivity index (χ3n) is 3.26. The number of aromatic nitrogens is 1.